The van der Waals surface area contributed by atoms with Crippen LogP contribution in [-0.2, 0) is 0 Å². The van der Waals surface area contributed by atoms with Crippen molar-refractivity contribution < 1.29 is 5.11 Å². The Balaban J connectivity index is 2.59. The van der Waals surface area contributed by atoms with E-state index in [1.807, 2.05) is 6.20 Å². The van der Waals surface area contributed by atoms with Gasteiger partial charge in [-0.15, -0.1) is 0 Å². The maximum atomic E-state index is 9.81. The minimum absolute atomic E-state index is 0.102. The van der Waals surface area contributed by atoms with Crippen molar-refractivity contribution in [3.05, 3.63) is 23.4 Å². The summed E-state index contributed by atoms with van der Waals surface area (Å²) in [6, 6.07) is 0.102. The average Bonchev–Trinajstić information content (AvgIpc) is 2.18. The first kappa shape index (κ1) is 11.3. The maximum absolute atomic E-state index is 9.81. The van der Waals surface area contributed by atoms with Gasteiger partial charge >= 0.3 is 0 Å². The van der Waals surface area contributed by atoms with Gasteiger partial charge in [0.25, 0.3) is 0 Å². The Morgan fingerprint density at radius 2 is 2.21 bits per heavy atom. The van der Waals surface area contributed by atoms with Gasteiger partial charge in [-0.05, 0) is 30.9 Å². The van der Waals surface area contributed by atoms with Crippen molar-refractivity contribution in [1.82, 2.24) is 5.32 Å². The molecule has 0 aliphatic carbocycles. The third-order valence-corrected chi connectivity index (χ3v) is 2.77. The maximum Gasteiger partial charge on any atom is 0.0777 e. The van der Waals surface area contributed by atoms with Gasteiger partial charge in [-0.25, -0.2) is 0 Å². The van der Waals surface area contributed by atoms with Crippen LogP contribution < -0.4 is 5.32 Å². The van der Waals surface area contributed by atoms with Gasteiger partial charge in [-0.2, -0.15) is 0 Å². The topological polar surface area (TPSA) is 32.3 Å². The Hall–Kier alpha value is -0.760. The van der Waals surface area contributed by atoms with E-state index in [0.717, 1.165) is 19.3 Å². The molecular weight excluding hydrogens is 174 g/mol. The summed E-state index contributed by atoms with van der Waals surface area (Å²) in [4.78, 5) is 0. The first-order valence-corrected chi connectivity index (χ1v) is 5.51. The molecule has 0 spiro atoms. The Labute approximate surface area is 86.7 Å². The molecule has 0 fully saturated rings. The summed E-state index contributed by atoms with van der Waals surface area (Å²) in [6.07, 6.45) is 6.85. The summed E-state index contributed by atoms with van der Waals surface area (Å²) in [5.41, 5.74) is 2.64. The molecule has 1 rings (SSSR count). The molecule has 0 saturated heterocycles. The van der Waals surface area contributed by atoms with Crippen LogP contribution in [0.15, 0.2) is 23.4 Å². The van der Waals surface area contributed by atoms with Crippen LogP contribution in [0.1, 0.15) is 40.0 Å². The van der Waals surface area contributed by atoms with E-state index in [1.54, 1.807) is 0 Å². The lowest BCUT2D eigenvalue weighted by Gasteiger charge is -2.25. The first-order valence-electron chi connectivity index (χ1n) is 5.51. The highest BCUT2D eigenvalue weighted by Gasteiger charge is 2.18. The molecule has 0 radical (unpaired) electrons. The first-order chi connectivity index (χ1) is 6.69. The molecule has 1 aliphatic rings. The second-order valence-electron chi connectivity index (χ2n) is 3.92. The lowest BCUT2D eigenvalue weighted by molar-refractivity contribution is 0.139. The predicted octanol–water partition coefficient (Wildman–Crippen LogP) is 2.36. The standard InChI is InChI=1S/C12H21NO/c1-4-6-12(14)11-7-9(3)10(5-2)8-13-11/h7-8,11-14H,4-6H2,1-3H3. The van der Waals surface area contributed by atoms with Gasteiger partial charge in [0.15, 0.2) is 0 Å². The Kier molecular flexibility index (Phi) is 4.21. The van der Waals surface area contributed by atoms with Gasteiger partial charge in [0.2, 0.25) is 0 Å². The molecule has 80 valence electrons. The van der Waals surface area contributed by atoms with E-state index in [1.165, 1.54) is 11.1 Å². The number of aliphatic hydroxyl groups is 1. The summed E-state index contributed by atoms with van der Waals surface area (Å²) < 4.78 is 0. The number of hydrogen-bond donors (Lipinski definition) is 2. The fraction of sp³-hybridized carbons (Fsp3) is 0.667. The van der Waals surface area contributed by atoms with Crippen LogP contribution in [0.25, 0.3) is 0 Å². The summed E-state index contributed by atoms with van der Waals surface area (Å²) in [7, 11) is 0. The molecule has 0 aromatic heterocycles. The molecule has 0 aromatic rings. The van der Waals surface area contributed by atoms with E-state index in [2.05, 4.69) is 32.2 Å². The summed E-state index contributed by atoms with van der Waals surface area (Å²) in [6.45, 7) is 6.35. The van der Waals surface area contributed by atoms with Crippen LogP contribution in [0.2, 0.25) is 0 Å². The molecule has 0 amide bonds. The zero-order chi connectivity index (χ0) is 10.6. The third kappa shape index (κ3) is 2.61. The van der Waals surface area contributed by atoms with E-state index >= 15 is 0 Å². The molecule has 1 heterocycles. The molecule has 2 nitrogen and oxygen atoms in total. The molecular formula is C12H21NO. The van der Waals surface area contributed by atoms with Gasteiger partial charge in [-0.1, -0.05) is 26.3 Å². The van der Waals surface area contributed by atoms with E-state index in [4.69, 9.17) is 0 Å². The smallest absolute Gasteiger partial charge is 0.0777 e. The van der Waals surface area contributed by atoms with Gasteiger partial charge in [-0.3, -0.25) is 0 Å². The quantitative estimate of drug-likeness (QED) is 0.721. The molecule has 1 aliphatic heterocycles. The minimum atomic E-state index is -0.260. The molecule has 0 bridgehead atoms. The van der Waals surface area contributed by atoms with Crippen LogP contribution in [0.4, 0.5) is 0 Å². The van der Waals surface area contributed by atoms with Crippen molar-refractivity contribution in [2.45, 2.75) is 52.2 Å². The number of rotatable bonds is 4. The number of dihydropyridines is 1. The highest BCUT2D eigenvalue weighted by Crippen LogP contribution is 2.19. The van der Waals surface area contributed by atoms with Crippen molar-refractivity contribution in [3.8, 4) is 0 Å². The number of nitrogens with one attached hydrogen (secondary N) is 1. The normalized spacial score (nSPS) is 23.6. The lowest BCUT2D eigenvalue weighted by Crippen LogP contribution is -2.37. The monoisotopic (exact) mass is 195 g/mol. The predicted molar refractivity (Wildman–Crippen MR) is 60.0 cm³/mol. The van der Waals surface area contributed by atoms with Crippen LogP contribution in [0.3, 0.4) is 0 Å². The van der Waals surface area contributed by atoms with Crippen LogP contribution in [0, 0.1) is 0 Å². The van der Waals surface area contributed by atoms with E-state index in [0.29, 0.717) is 0 Å². The second-order valence-corrected chi connectivity index (χ2v) is 3.92. The molecule has 2 N–H and O–H groups in total. The number of allylic oxidation sites excluding steroid dienone is 2. The van der Waals surface area contributed by atoms with Crippen molar-refractivity contribution in [2.24, 2.45) is 0 Å². The van der Waals surface area contributed by atoms with Crippen molar-refractivity contribution in [3.63, 3.8) is 0 Å². The van der Waals surface area contributed by atoms with Crippen molar-refractivity contribution in [1.29, 1.82) is 0 Å². The number of aliphatic hydroxyl groups excluding tert-OH is 1. The fourth-order valence-corrected chi connectivity index (χ4v) is 1.81. The molecule has 2 atom stereocenters. The van der Waals surface area contributed by atoms with Crippen LogP contribution in [-0.4, -0.2) is 17.3 Å². The third-order valence-electron chi connectivity index (χ3n) is 2.77. The molecule has 0 saturated carbocycles. The van der Waals surface area contributed by atoms with E-state index in [-0.39, 0.29) is 12.1 Å². The van der Waals surface area contributed by atoms with Gasteiger partial charge in [0.1, 0.15) is 0 Å². The molecule has 2 heteroatoms. The fourth-order valence-electron chi connectivity index (χ4n) is 1.81. The summed E-state index contributed by atoms with van der Waals surface area (Å²) in [5, 5.41) is 13.1. The lowest BCUT2D eigenvalue weighted by atomic mass is 9.96. The van der Waals surface area contributed by atoms with Crippen LogP contribution in [0.5, 0.6) is 0 Å². The van der Waals surface area contributed by atoms with Gasteiger partial charge in [0, 0.05) is 6.20 Å². The highest BCUT2D eigenvalue weighted by atomic mass is 16.3. The number of hydrogen-bond acceptors (Lipinski definition) is 2. The van der Waals surface area contributed by atoms with Gasteiger partial charge < -0.3 is 10.4 Å². The van der Waals surface area contributed by atoms with Crippen LogP contribution >= 0.6 is 0 Å². The van der Waals surface area contributed by atoms with Crippen molar-refractivity contribution >= 4 is 0 Å². The zero-order valence-electron chi connectivity index (χ0n) is 9.38. The largest absolute Gasteiger partial charge is 0.391 e. The Bertz CT molecular complexity index is 243. The SMILES string of the molecule is CCCC(O)C1C=C(C)C(CC)=CN1. The Morgan fingerprint density at radius 3 is 2.71 bits per heavy atom. The van der Waals surface area contributed by atoms with E-state index < -0.39 is 0 Å². The molecule has 14 heavy (non-hydrogen) atoms. The summed E-state index contributed by atoms with van der Waals surface area (Å²) >= 11 is 0. The Morgan fingerprint density at radius 1 is 1.50 bits per heavy atom. The molecule has 2 unspecified atom stereocenters. The summed E-state index contributed by atoms with van der Waals surface area (Å²) in [5.74, 6) is 0. The van der Waals surface area contributed by atoms with Gasteiger partial charge in [0.05, 0.1) is 12.1 Å². The molecule has 0 aromatic carbocycles. The average molecular weight is 195 g/mol. The highest BCUT2D eigenvalue weighted by molar-refractivity contribution is 5.33. The van der Waals surface area contributed by atoms with Crippen molar-refractivity contribution in [2.75, 3.05) is 0 Å². The second kappa shape index (κ2) is 5.20. The minimum Gasteiger partial charge on any atom is -0.391 e. The zero-order valence-corrected chi connectivity index (χ0v) is 9.38. The van der Waals surface area contributed by atoms with E-state index in [9.17, 15) is 5.11 Å².